The predicted molar refractivity (Wildman–Crippen MR) is 86.3 cm³/mol. The van der Waals surface area contributed by atoms with Crippen LogP contribution in [0.3, 0.4) is 0 Å². The van der Waals surface area contributed by atoms with Gasteiger partial charge < -0.3 is 10.1 Å². The maximum atomic E-state index is 12.2. The molecule has 0 saturated carbocycles. The zero-order valence-electron chi connectivity index (χ0n) is 12.9. The summed E-state index contributed by atoms with van der Waals surface area (Å²) in [5.41, 5.74) is 2.72. The summed E-state index contributed by atoms with van der Waals surface area (Å²) in [5, 5.41) is 2.78. The summed E-state index contributed by atoms with van der Waals surface area (Å²) < 4.78 is 4.66. The zero-order chi connectivity index (χ0) is 16.1. The Hall–Kier alpha value is -2.62. The third-order valence-electron chi connectivity index (χ3n) is 3.38. The van der Waals surface area contributed by atoms with Gasteiger partial charge in [-0.3, -0.25) is 4.79 Å². The topological polar surface area (TPSA) is 55.4 Å². The van der Waals surface area contributed by atoms with Crippen LogP contribution in [0.15, 0.2) is 48.5 Å². The molecule has 0 fully saturated rings. The number of hydrogen-bond acceptors (Lipinski definition) is 3. The molecule has 0 unspecified atom stereocenters. The minimum atomic E-state index is -0.433. The van der Waals surface area contributed by atoms with Crippen LogP contribution in [0.2, 0.25) is 0 Å². The van der Waals surface area contributed by atoms with Crippen LogP contribution in [-0.2, 0) is 4.74 Å². The van der Waals surface area contributed by atoms with E-state index in [4.69, 9.17) is 0 Å². The second-order valence-corrected chi connectivity index (χ2v) is 5.30. The van der Waals surface area contributed by atoms with E-state index in [0.29, 0.717) is 22.7 Å². The number of benzene rings is 2. The summed E-state index contributed by atoms with van der Waals surface area (Å²) >= 11 is 0. The fraction of sp³-hybridized carbons (Fsp3) is 0.222. The molecule has 1 N–H and O–H groups in total. The smallest absolute Gasteiger partial charge is 0.337 e. The first kappa shape index (κ1) is 15.8. The molecule has 4 heteroatoms. The Bertz CT molecular complexity index is 675. The van der Waals surface area contributed by atoms with E-state index in [1.54, 1.807) is 36.4 Å². The van der Waals surface area contributed by atoms with Crippen molar-refractivity contribution in [2.24, 2.45) is 0 Å². The van der Waals surface area contributed by atoms with Gasteiger partial charge in [0, 0.05) is 11.3 Å². The van der Waals surface area contributed by atoms with Gasteiger partial charge in [-0.05, 0) is 41.8 Å². The average Bonchev–Trinajstić information content (AvgIpc) is 2.54. The van der Waals surface area contributed by atoms with Crippen molar-refractivity contribution in [3.05, 3.63) is 65.2 Å². The minimum absolute atomic E-state index is 0.211. The Balaban J connectivity index is 2.13. The van der Waals surface area contributed by atoms with E-state index in [1.165, 1.54) is 12.7 Å². The summed E-state index contributed by atoms with van der Waals surface area (Å²) in [6.07, 6.45) is 0. The van der Waals surface area contributed by atoms with E-state index in [9.17, 15) is 9.59 Å². The number of carbonyl (C=O) groups excluding carboxylic acids is 2. The number of amides is 1. The number of ether oxygens (including phenoxy) is 1. The van der Waals surface area contributed by atoms with Crippen LogP contribution in [0.25, 0.3) is 0 Å². The molecule has 2 aromatic carbocycles. The van der Waals surface area contributed by atoms with Crippen LogP contribution in [0.1, 0.15) is 46.0 Å². The first-order valence-corrected chi connectivity index (χ1v) is 7.11. The molecule has 22 heavy (non-hydrogen) atoms. The van der Waals surface area contributed by atoms with Gasteiger partial charge in [-0.2, -0.15) is 0 Å². The lowest BCUT2D eigenvalue weighted by atomic mass is 10.0. The van der Waals surface area contributed by atoms with Gasteiger partial charge in [0.1, 0.15) is 0 Å². The standard InChI is InChI=1S/C18H19NO3/c1-12(2)13-7-9-14(10-8-13)17(20)19-16-6-4-5-15(11-16)18(21)22-3/h4-12H,1-3H3,(H,19,20). The van der Waals surface area contributed by atoms with Crippen LogP contribution >= 0.6 is 0 Å². The SMILES string of the molecule is COC(=O)c1cccc(NC(=O)c2ccc(C(C)C)cc2)c1. The highest BCUT2D eigenvalue weighted by atomic mass is 16.5. The molecule has 2 rings (SSSR count). The molecule has 114 valence electrons. The van der Waals surface area contributed by atoms with Gasteiger partial charge in [0.05, 0.1) is 12.7 Å². The van der Waals surface area contributed by atoms with Crippen molar-refractivity contribution >= 4 is 17.6 Å². The quantitative estimate of drug-likeness (QED) is 0.872. The summed E-state index contributed by atoms with van der Waals surface area (Å²) in [4.78, 5) is 23.7. The summed E-state index contributed by atoms with van der Waals surface area (Å²) in [7, 11) is 1.32. The Labute approximate surface area is 130 Å². The van der Waals surface area contributed by atoms with Crippen molar-refractivity contribution in [2.45, 2.75) is 19.8 Å². The lowest BCUT2D eigenvalue weighted by Gasteiger charge is -2.09. The Kier molecular flexibility index (Phi) is 4.94. The van der Waals surface area contributed by atoms with Crippen molar-refractivity contribution in [3.8, 4) is 0 Å². The fourth-order valence-electron chi connectivity index (χ4n) is 2.06. The van der Waals surface area contributed by atoms with Gasteiger partial charge in [-0.25, -0.2) is 4.79 Å². The van der Waals surface area contributed by atoms with Crippen LogP contribution in [0.4, 0.5) is 5.69 Å². The molecule has 4 nitrogen and oxygen atoms in total. The number of rotatable bonds is 4. The number of methoxy groups -OCH3 is 1. The molecule has 0 aliphatic rings. The molecule has 0 radical (unpaired) electrons. The molecule has 0 aliphatic heterocycles. The highest BCUT2D eigenvalue weighted by Gasteiger charge is 2.09. The van der Waals surface area contributed by atoms with Crippen molar-refractivity contribution in [1.29, 1.82) is 0 Å². The summed E-state index contributed by atoms with van der Waals surface area (Å²) in [6.45, 7) is 4.21. The molecule has 0 heterocycles. The molecular weight excluding hydrogens is 278 g/mol. The molecule has 0 bridgehead atoms. The van der Waals surface area contributed by atoms with Gasteiger partial charge in [-0.15, -0.1) is 0 Å². The third-order valence-corrected chi connectivity index (χ3v) is 3.38. The van der Waals surface area contributed by atoms with Crippen LogP contribution in [-0.4, -0.2) is 19.0 Å². The second kappa shape index (κ2) is 6.89. The monoisotopic (exact) mass is 297 g/mol. The lowest BCUT2D eigenvalue weighted by molar-refractivity contribution is 0.0600. The van der Waals surface area contributed by atoms with Gasteiger partial charge in [0.25, 0.3) is 5.91 Å². The molecule has 0 aromatic heterocycles. The molecule has 0 atom stereocenters. The van der Waals surface area contributed by atoms with Gasteiger partial charge in [-0.1, -0.05) is 32.0 Å². The third kappa shape index (κ3) is 3.73. The highest BCUT2D eigenvalue weighted by Crippen LogP contribution is 2.16. The van der Waals surface area contributed by atoms with Crippen LogP contribution < -0.4 is 5.32 Å². The second-order valence-electron chi connectivity index (χ2n) is 5.30. The molecule has 1 amide bonds. The lowest BCUT2D eigenvalue weighted by Crippen LogP contribution is -2.12. The van der Waals surface area contributed by atoms with Crippen LogP contribution in [0, 0.1) is 0 Å². The van der Waals surface area contributed by atoms with Crippen molar-refractivity contribution < 1.29 is 14.3 Å². The van der Waals surface area contributed by atoms with E-state index in [0.717, 1.165) is 0 Å². The minimum Gasteiger partial charge on any atom is -0.465 e. The molecule has 0 spiro atoms. The van der Waals surface area contributed by atoms with Gasteiger partial charge in [0.2, 0.25) is 0 Å². The van der Waals surface area contributed by atoms with E-state index in [-0.39, 0.29) is 5.91 Å². The van der Waals surface area contributed by atoms with Crippen molar-refractivity contribution in [2.75, 3.05) is 12.4 Å². The van der Waals surface area contributed by atoms with E-state index in [1.807, 2.05) is 12.1 Å². The Morgan fingerprint density at radius 3 is 2.27 bits per heavy atom. The molecular formula is C18H19NO3. The number of carbonyl (C=O) groups is 2. The van der Waals surface area contributed by atoms with E-state index in [2.05, 4.69) is 23.9 Å². The maximum Gasteiger partial charge on any atom is 0.337 e. The largest absolute Gasteiger partial charge is 0.465 e. The molecule has 0 saturated heterocycles. The maximum absolute atomic E-state index is 12.2. The first-order valence-electron chi connectivity index (χ1n) is 7.11. The van der Waals surface area contributed by atoms with Gasteiger partial charge >= 0.3 is 5.97 Å². The fourth-order valence-corrected chi connectivity index (χ4v) is 2.06. The Morgan fingerprint density at radius 1 is 1.00 bits per heavy atom. The summed E-state index contributed by atoms with van der Waals surface area (Å²) in [6, 6.07) is 14.2. The van der Waals surface area contributed by atoms with E-state index < -0.39 is 5.97 Å². The Morgan fingerprint density at radius 2 is 1.68 bits per heavy atom. The number of anilines is 1. The number of nitrogens with one attached hydrogen (secondary N) is 1. The molecule has 2 aromatic rings. The number of esters is 1. The molecule has 0 aliphatic carbocycles. The summed E-state index contributed by atoms with van der Waals surface area (Å²) in [5.74, 6) is -0.219. The highest BCUT2D eigenvalue weighted by molar-refractivity contribution is 6.04. The normalized spacial score (nSPS) is 10.4. The van der Waals surface area contributed by atoms with Crippen LogP contribution in [0.5, 0.6) is 0 Å². The van der Waals surface area contributed by atoms with Crippen molar-refractivity contribution in [1.82, 2.24) is 0 Å². The van der Waals surface area contributed by atoms with E-state index >= 15 is 0 Å². The predicted octanol–water partition coefficient (Wildman–Crippen LogP) is 3.85. The van der Waals surface area contributed by atoms with Gasteiger partial charge in [0.15, 0.2) is 0 Å². The average molecular weight is 297 g/mol. The first-order chi connectivity index (χ1) is 10.5. The number of hydrogen-bond donors (Lipinski definition) is 1. The zero-order valence-corrected chi connectivity index (χ0v) is 12.9. The van der Waals surface area contributed by atoms with Crippen molar-refractivity contribution in [3.63, 3.8) is 0 Å².